The molecule has 0 unspecified atom stereocenters. The minimum Gasteiger partial charge on any atom is -0.324 e. The monoisotopic (exact) mass is 438 g/mol. The summed E-state index contributed by atoms with van der Waals surface area (Å²) in [5.74, 6) is -0.141. The molecule has 0 aromatic heterocycles. The summed E-state index contributed by atoms with van der Waals surface area (Å²) in [4.78, 5) is 12.6. The molecule has 26 heavy (non-hydrogen) atoms. The highest BCUT2D eigenvalue weighted by Gasteiger charge is 2.22. The van der Waals surface area contributed by atoms with Crippen molar-refractivity contribution in [2.75, 3.05) is 22.4 Å². The van der Waals surface area contributed by atoms with E-state index < -0.39 is 10.0 Å². The van der Waals surface area contributed by atoms with E-state index >= 15 is 0 Å². The molecule has 1 amide bonds. The van der Waals surface area contributed by atoms with Crippen molar-refractivity contribution in [3.8, 4) is 0 Å². The Labute approximate surface area is 163 Å². The average Bonchev–Trinajstić information content (AvgIpc) is 2.54. The van der Waals surface area contributed by atoms with Gasteiger partial charge in [-0.15, -0.1) is 0 Å². The third kappa shape index (κ3) is 5.08. The van der Waals surface area contributed by atoms with E-state index in [1.165, 1.54) is 0 Å². The van der Waals surface area contributed by atoms with Crippen LogP contribution in [0.4, 0.5) is 11.4 Å². The Hall–Kier alpha value is -1.86. The number of sulfonamides is 1. The molecule has 0 bridgehead atoms. The highest BCUT2D eigenvalue weighted by atomic mass is 79.9. The van der Waals surface area contributed by atoms with Crippen LogP contribution in [0.5, 0.6) is 0 Å². The van der Waals surface area contributed by atoms with Crippen LogP contribution in [-0.2, 0) is 14.8 Å². The zero-order valence-corrected chi connectivity index (χ0v) is 17.7. The number of hydrogen-bond acceptors (Lipinski definition) is 3. The van der Waals surface area contributed by atoms with Crippen molar-refractivity contribution >= 4 is 43.2 Å². The van der Waals surface area contributed by atoms with Gasteiger partial charge in [0.05, 0.1) is 11.9 Å². The van der Waals surface area contributed by atoms with Gasteiger partial charge in [-0.1, -0.05) is 48.0 Å². The minimum absolute atomic E-state index is 0.239. The SMILES string of the molecule is Cc1cccc(C(C)C)c1NC(=O)CN(c1ccc(Br)cc1)S(C)(=O)=O. The lowest BCUT2D eigenvalue weighted by Crippen LogP contribution is -2.37. The van der Waals surface area contributed by atoms with Gasteiger partial charge in [0, 0.05) is 10.2 Å². The molecule has 5 nitrogen and oxygen atoms in total. The fraction of sp³-hybridized carbons (Fsp3) is 0.316. The second-order valence-corrected chi connectivity index (χ2v) is 9.31. The summed E-state index contributed by atoms with van der Waals surface area (Å²) in [5, 5.41) is 2.89. The van der Waals surface area contributed by atoms with Crippen molar-refractivity contribution in [1.29, 1.82) is 0 Å². The first-order valence-electron chi connectivity index (χ1n) is 8.22. The van der Waals surface area contributed by atoms with Crippen LogP contribution in [0.3, 0.4) is 0 Å². The second kappa shape index (κ2) is 8.22. The number of halogens is 1. The van der Waals surface area contributed by atoms with E-state index in [-0.39, 0.29) is 18.4 Å². The van der Waals surface area contributed by atoms with Crippen molar-refractivity contribution in [2.24, 2.45) is 0 Å². The van der Waals surface area contributed by atoms with Gasteiger partial charge in [0.2, 0.25) is 15.9 Å². The molecule has 0 heterocycles. The average molecular weight is 439 g/mol. The van der Waals surface area contributed by atoms with Crippen LogP contribution in [-0.4, -0.2) is 27.1 Å². The van der Waals surface area contributed by atoms with Gasteiger partial charge in [-0.3, -0.25) is 9.10 Å². The molecule has 0 saturated heterocycles. The number of nitrogens with one attached hydrogen (secondary N) is 1. The Kier molecular flexibility index (Phi) is 6.47. The number of aryl methyl sites for hydroxylation is 1. The number of anilines is 2. The molecule has 2 rings (SSSR count). The largest absolute Gasteiger partial charge is 0.324 e. The zero-order chi connectivity index (χ0) is 19.5. The third-order valence-corrected chi connectivity index (χ3v) is 5.66. The number of para-hydroxylation sites is 1. The topological polar surface area (TPSA) is 66.5 Å². The molecule has 0 aliphatic carbocycles. The van der Waals surface area contributed by atoms with Gasteiger partial charge in [-0.2, -0.15) is 0 Å². The van der Waals surface area contributed by atoms with Crippen LogP contribution in [0.2, 0.25) is 0 Å². The molecule has 0 saturated carbocycles. The summed E-state index contributed by atoms with van der Waals surface area (Å²) in [6, 6.07) is 12.6. The molecule has 2 aromatic carbocycles. The number of amides is 1. The molecule has 140 valence electrons. The number of carbonyl (C=O) groups is 1. The Morgan fingerprint density at radius 2 is 1.77 bits per heavy atom. The summed E-state index contributed by atoms with van der Waals surface area (Å²) in [5.41, 5.74) is 3.16. The summed E-state index contributed by atoms with van der Waals surface area (Å²) in [7, 11) is -3.60. The summed E-state index contributed by atoms with van der Waals surface area (Å²) >= 11 is 3.32. The Balaban J connectivity index is 2.28. The van der Waals surface area contributed by atoms with Crippen molar-refractivity contribution < 1.29 is 13.2 Å². The Bertz CT molecular complexity index is 894. The highest BCUT2D eigenvalue weighted by molar-refractivity contribution is 9.10. The summed E-state index contributed by atoms with van der Waals surface area (Å²) in [6.45, 7) is 5.74. The number of benzene rings is 2. The van der Waals surface area contributed by atoms with E-state index in [1.807, 2.05) is 25.1 Å². The lowest BCUT2D eigenvalue weighted by atomic mass is 9.98. The lowest BCUT2D eigenvalue weighted by molar-refractivity contribution is -0.114. The number of hydrogen-bond donors (Lipinski definition) is 1. The maximum atomic E-state index is 12.6. The summed E-state index contributed by atoms with van der Waals surface area (Å²) < 4.78 is 26.3. The van der Waals surface area contributed by atoms with Crippen LogP contribution in [0, 0.1) is 6.92 Å². The lowest BCUT2D eigenvalue weighted by Gasteiger charge is -2.23. The number of rotatable bonds is 6. The molecule has 0 atom stereocenters. The second-order valence-electron chi connectivity index (χ2n) is 6.49. The quantitative estimate of drug-likeness (QED) is 0.731. The molecule has 2 aromatic rings. The minimum atomic E-state index is -3.60. The smallest absolute Gasteiger partial charge is 0.245 e. The maximum Gasteiger partial charge on any atom is 0.245 e. The first-order chi connectivity index (χ1) is 12.1. The van der Waals surface area contributed by atoms with Gasteiger partial charge in [-0.25, -0.2) is 8.42 Å². The molecular weight excluding hydrogens is 416 g/mol. The van der Waals surface area contributed by atoms with Gasteiger partial charge in [0.1, 0.15) is 6.54 Å². The fourth-order valence-corrected chi connectivity index (χ4v) is 3.78. The molecule has 0 fully saturated rings. The van der Waals surface area contributed by atoms with Gasteiger partial charge in [0.15, 0.2) is 0 Å². The standard InChI is InChI=1S/C19H23BrN2O3S/c1-13(2)17-7-5-6-14(3)19(17)21-18(23)12-22(26(4,24)25)16-10-8-15(20)9-11-16/h5-11,13H,12H2,1-4H3,(H,21,23). The predicted molar refractivity (Wildman–Crippen MR) is 110 cm³/mol. The van der Waals surface area contributed by atoms with E-state index in [2.05, 4.69) is 35.1 Å². The van der Waals surface area contributed by atoms with Gasteiger partial charge >= 0.3 is 0 Å². The van der Waals surface area contributed by atoms with Gasteiger partial charge in [-0.05, 0) is 48.2 Å². The molecule has 0 spiro atoms. The van der Waals surface area contributed by atoms with E-state index in [0.29, 0.717) is 5.69 Å². The first kappa shape index (κ1) is 20.5. The molecule has 1 N–H and O–H groups in total. The van der Waals surface area contributed by atoms with Crippen molar-refractivity contribution in [1.82, 2.24) is 0 Å². The van der Waals surface area contributed by atoms with Crippen molar-refractivity contribution in [3.63, 3.8) is 0 Å². The third-order valence-electron chi connectivity index (χ3n) is 3.99. The Morgan fingerprint density at radius 3 is 2.31 bits per heavy atom. The molecule has 0 radical (unpaired) electrons. The van der Waals surface area contributed by atoms with Crippen LogP contribution >= 0.6 is 15.9 Å². The first-order valence-corrected chi connectivity index (χ1v) is 10.9. The molecule has 0 aliphatic heterocycles. The van der Waals surface area contributed by atoms with E-state index in [9.17, 15) is 13.2 Å². The summed E-state index contributed by atoms with van der Waals surface area (Å²) in [6.07, 6.45) is 1.09. The zero-order valence-electron chi connectivity index (χ0n) is 15.3. The molecular formula is C19H23BrN2O3S. The maximum absolute atomic E-state index is 12.6. The molecule has 7 heteroatoms. The van der Waals surface area contributed by atoms with E-state index in [4.69, 9.17) is 0 Å². The van der Waals surface area contributed by atoms with E-state index in [0.717, 1.165) is 31.8 Å². The predicted octanol–water partition coefficient (Wildman–Crippen LogP) is 4.29. The van der Waals surface area contributed by atoms with Gasteiger partial charge < -0.3 is 5.32 Å². The van der Waals surface area contributed by atoms with Crippen LogP contribution in [0.15, 0.2) is 46.9 Å². The van der Waals surface area contributed by atoms with Crippen molar-refractivity contribution in [3.05, 3.63) is 58.1 Å². The van der Waals surface area contributed by atoms with Crippen LogP contribution < -0.4 is 9.62 Å². The van der Waals surface area contributed by atoms with Crippen LogP contribution in [0.1, 0.15) is 30.9 Å². The van der Waals surface area contributed by atoms with E-state index in [1.54, 1.807) is 24.3 Å². The van der Waals surface area contributed by atoms with Crippen molar-refractivity contribution in [2.45, 2.75) is 26.7 Å². The van der Waals surface area contributed by atoms with Gasteiger partial charge in [0.25, 0.3) is 0 Å². The molecule has 0 aliphatic rings. The highest BCUT2D eigenvalue weighted by Crippen LogP contribution is 2.28. The number of nitrogens with zero attached hydrogens (tertiary/aromatic N) is 1. The fourth-order valence-electron chi connectivity index (χ4n) is 2.66. The Morgan fingerprint density at radius 1 is 1.15 bits per heavy atom. The normalized spacial score (nSPS) is 11.5. The number of carbonyl (C=O) groups excluding carboxylic acids is 1. The van der Waals surface area contributed by atoms with Crippen LogP contribution in [0.25, 0.3) is 0 Å².